The van der Waals surface area contributed by atoms with Crippen LogP contribution in [-0.2, 0) is 0 Å². The van der Waals surface area contributed by atoms with Gasteiger partial charge in [-0.2, -0.15) is 0 Å². The molecule has 0 aliphatic heterocycles. The van der Waals surface area contributed by atoms with Crippen LogP contribution in [0.2, 0.25) is 0 Å². The van der Waals surface area contributed by atoms with Gasteiger partial charge in [-0.25, -0.2) is 0 Å². The topological polar surface area (TPSA) is 0 Å². The first-order chi connectivity index (χ1) is 1.73. The number of hydrogen-bond acceptors (Lipinski definition) is 0. The summed E-state index contributed by atoms with van der Waals surface area (Å²) in [6.45, 7) is 0. The Bertz CT molecular complexity index is 8.00. The number of hydrogen-bond donors (Lipinski definition) is 0. The van der Waals surface area contributed by atoms with Gasteiger partial charge in [0.05, 0.1) is 0 Å². The van der Waals surface area contributed by atoms with Gasteiger partial charge in [0, 0.05) is 0 Å². The Balaban J connectivity index is 2.32. The molecule has 0 atom stereocenters. The second-order valence-corrected chi connectivity index (χ2v) is 38.4. The molecule has 0 saturated carbocycles. The Kier molecular flexibility index (Phi) is 6.69. The third kappa shape index (κ3) is 8.84. The van der Waals surface area contributed by atoms with Gasteiger partial charge in [-0.3, -0.25) is 0 Å². The van der Waals surface area contributed by atoms with Gasteiger partial charge < -0.3 is 0 Å². The van der Waals surface area contributed by atoms with Crippen LogP contribution in [0.25, 0.3) is 0 Å². The molecule has 0 aromatic heterocycles. The summed E-state index contributed by atoms with van der Waals surface area (Å²) in [4.78, 5) is 0. The Morgan fingerprint density at radius 2 is 1.00 bits per heavy atom. The predicted molar refractivity (Wildman–Crippen MR) is 26.8 cm³/mol. The molecule has 0 aromatic rings. The summed E-state index contributed by atoms with van der Waals surface area (Å²) in [5.74, 6) is 0. The molecule has 0 fully saturated rings. The van der Waals surface area contributed by atoms with E-state index >= 15 is 0 Å². The number of rotatable bonds is 0. The maximum atomic E-state index is 3.31. The predicted octanol–water partition coefficient (Wildman–Crippen LogP) is 2.54. The zero-order valence-corrected chi connectivity index (χ0v) is 9.21. The SMILES string of the molecule is [Br][Pm]([Br])[Br]. The number of halogens is 3. The van der Waals surface area contributed by atoms with Crippen LogP contribution in [0.3, 0.4) is 0 Å². The third-order valence-corrected chi connectivity index (χ3v) is 0. The third-order valence-electron chi connectivity index (χ3n) is 0. The summed E-state index contributed by atoms with van der Waals surface area (Å²) in [6, 6.07) is 0. The summed E-state index contributed by atoms with van der Waals surface area (Å²) in [7, 11) is 9.92. The van der Waals surface area contributed by atoms with E-state index in [-0.39, 0.29) is 0 Å². The molecule has 0 aliphatic carbocycles. The molecule has 4 heteroatoms. The molecule has 0 bridgehead atoms. The van der Waals surface area contributed by atoms with Crippen molar-refractivity contribution in [2.24, 2.45) is 0 Å². The molecule has 0 radical (unpaired) electrons. The fourth-order valence-electron chi connectivity index (χ4n) is 0. The van der Waals surface area contributed by atoms with Crippen molar-refractivity contribution >= 4 is 27.3 Å². The van der Waals surface area contributed by atoms with Crippen LogP contribution in [0, 0.1) is 25.1 Å². The van der Waals surface area contributed by atoms with E-state index in [9.17, 15) is 0 Å². The van der Waals surface area contributed by atoms with Crippen LogP contribution in [0.4, 0.5) is 0 Å². The second kappa shape index (κ2) is 3.95. The zero-order valence-electron chi connectivity index (χ0n) is 1.58. The van der Waals surface area contributed by atoms with Crippen molar-refractivity contribution in [3.8, 4) is 0 Å². The van der Waals surface area contributed by atoms with E-state index < -0.39 is 25.1 Å². The average Bonchev–Trinajstić information content (AvgIpc) is 0.811. The van der Waals surface area contributed by atoms with Crippen LogP contribution in [0.5, 0.6) is 0 Å². The first-order valence-electron chi connectivity index (χ1n) is 0.507. The van der Waals surface area contributed by atoms with Crippen LogP contribution >= 0.6 is 27.3 Å². The van der Waals surface area contributed by atoms with Crippen LogP contribution < -0.4 is 0 Å². The van der Waals surface area contributed by atoms with Gasteiger partial charge in [-0.1, -0.05) is 0 Å². The molecule has 0 aliphatic rings. The van der Waals surface area contributed by atoms with Crippen molar-refractivity contribution in [2.75, 3.05) is 0 Å². The van der Waals surface area contributed by atoms with Crippen LogP contribution in [-0.4, -0.2) is 0 Å². The Labute approximate surface area is 50.6 Å². The van der Waals surface area contributed by atoms with Crippen LogP contribution in [0.1, 0.15) is 0 Å². The fourth-order valence-corrected chi connectivity index (χ4v) is 0. The molecule has 0 spiro atoms. The van der Waals surface area contributed by atoms with Crippen molar-refractivity contribution in [1.82, 2.24) is 0 Å². The van der Waals surface area contributed by atoms with Crippen molar-refractivity contribution in [1.29, 1.82) is 0 Å². The van der Waals surface area contributed by atoms with E-state index in [1.807, 2.05) is 0 Å². The second-order valence-electron chi connectivity index (χ2n) is 0.192. The summed E-state index contributed by atoms with van der Waals surface area (Å²) in [5.41, 5.74) is 0. The molecule has 0 N–H and O–H groups in total. The van der Waals surface area contributed by atoms with Gasteiger partial charge in [0.2, 0.25) is 0 Å². The van der Waals surface area contributed by atoms with Crippen molar-refractivity contribution in [2.45, 2.75) is 0 Å². The first kappa shape index (κ1) is 6.78. The van der Waals surface area contributed by atoms with Gasteiger partial charge in [-0.15, -0.1) is 0 Å². The molecule has 0 amide bonds. The summed E-state index contributed by atoms with van der Waals surface area (Å²) < 4.78 is 0. The molecular formula is Br3Pm. The van der Waals surface area contributed by atoms with Crippen molar-refractivity contribution < 1.29 is 25.1 Å². The van der Waals surface area contributed by atoms with Gasteiger partial charge in [0.15, 0.2) is 0 Å². The molecule has 4 heavy (non-hydrogen) atoms. The first-order valence-corrected chi connectivity index (χ1v) is 19.5. The minimum atomic E-state index is -1.16. The molecule has 26 valence electrons. The standard InChI is InChI=1S/3BrH.Pm/h3*1H;/q;;;+3/p-3. The van der Waals surface area contributed by atoms with Crippen molar-refractivity contribution in [3.63, 3.8) is 0 Å². The Morgan fingerprint density at radius 3 is 1.00 bits per heavy atom. The summed E-state index contributed by atoms with van der Waals surface area (Å²) in [6.07, 6.45) is 0. The quantitative estimate of drug-likeness (QED) is 0.602. The van der Waals surface area contributed by atoms with Crippen LogP contribution in [0.15, 0.2) is 0 Å². The molecule has 0 heterocycles. The summed E-state index contributed by atoms with van der Waals surface area (Å²) >= 11 is -1.16. The van der Waals surface area contributed by atoms with E-state index in [4.69, 9.17) is 0 Å². The van der Waals surface area contributed by atoms with E-state index in [1.54, 1.807) is 0 Å². The normalized spacial score (nSPS) is 9.00. The maximum absolute atomic E-state index is 3.31. The molecule has 0 unspecified atom stereocenters. The molecule has 0 saturated heterocycles. The Morgan fingerprint density at radius 1 is 1.00 bits per heavy atom. The fraction of sp³-hybridized carbons (Fsp3) is 0. The summed E-state index contributed by atoms with van der Waals surface area (Å²) in [5, 5.41) is 0. The molecule has 0 nitrogen and oxygen atoms in total. The van der Waals surface area contributed by atoms with E-state index in [1.165, 1.54) is 0 Å². The molecule has 0 rings (SSSR count). The van der Waals surface area contributed by atoms with Crippen molar-refractivity contribution in [3.05, 3.63) is 0 Å². The minimum absolute atomic E-state index is 1.16. The zero-order chi connectivity index (χ0) is 3.58. The molecular weight excluding hydrogens is 385 g/mol. The van der Waals surface area contributed by atoms with Gasteiger partial charge >= 0.3 is 52.4 Å². The van der Waals surface area contributed by atoms with Gasteiger partial charge in [0.25, 0.3) is 0 Å². The van der Waals surface area contributed by atoms with Gasteiger partial charge in [0.1, 0.15) is 0 Å². The van der Waals surface area contributed by atoms with E-state index in [0.29, 0.717) is 0 Å². The van der Waals surface area contributed by atoms with Gasteiger partial charge in [-0.05, 0) is 0 Å². The van der Waals surface area contributed by atoms with E-state index in [0.717, 1.165) is 0 Å². The Hall–Kier alpha value is 2.78. The van der Waals surface area contributed by atoms with E-state index in [2.05, 4.69) is 27.3 Å². The monoisotopic (exact) mass is 382 g/mol. The molecule has 0 aromatic carbocycles. The average molecular weight is 385 g/mol.